The number of carboxylic acids is 2. The molecule has 6 heteroatoms. The molecule has 242 valence electrons. The minimum Gasteiger partial charge on any atom is -0.481 e. The van der Waals surface area contributed by atoms with Gasteiger partial charge in [-0.2, -0.15) is 0 Å². The molecule has 5 rings (SSSR count). The Bertz CT molecular complexity index is 1210. The molecule has 0 amide bonds. The van der Waals surface area contributed by atoms with Gasteiger partial charge in [0, 0.05) is 5.41 Å². The summed E-state index contributed by atoms with van der Waals surface area (Å²) in [7, 11) is 0. The van der Waals surface area contributed by atoms with Crippen molar-refractivity contribution in [2.45, 2.75) is 145 Å². The fourth-order valence-corrected chi connectivity index (χ4v) is 11.9. The fraction of sp³-hybridized carbons (Fsp3) is 0.865. The largest absolute Gasteiger partial charge is 0.481 e. The van der Waals surface area contributed by atoms with E-state index in [1.54, 1.807) is 0 Å². The van der Waals surface area contributed by atoms with Gasteiger partial charge < -0.3 is 14.9 Å². The van der Waals surface area contributed by atoms with Crippen LogP contribution in [0.3, 0.4) is 0 Å². The average molecular weight is 599 g/mol. The van der Waals surface area contributed by atoms with E-state index in [2.05, 4.69) is 54.5 Å². The van der Waals surface area contributed by atoms with Crippen molar-refractivity contribution in [3.8, 4) is 0 Å². The van der Waals surface area contributed by atoms with Crippen LogP contribution in [0.5, 0.6) is 0 Å². The standard InChI is InChI=1S/C37H58O6/c1-31(2)16-18-37(30(41)42)19-17-35(8)23(24(37)20-31)10-11-26-34(7)14-13-27(33(5,6)25(34)12-15-36(26,35)9)43-29(40)22-32(3,4)21-28(38)39/h10,24-27H,11-22H2,1-9H3,(H,38,39)(H,41,42)/t24?,25?,26?,27-,34-,35+,36+,37-/m0/s1. The first-order valence-corrected chi connectivity index (χ1v) is 17.0. The van der Waals surface area contributed by atoms with Gasteiger partial charge in [0.2, 0.25) is 0 Å². The predicted octanol–water partition coefficient (Wildman–Crippen LogP) is 8.68. The number of carbonyl (C=O) groups is 3. The molecule has 0 heterocycles. The second kappa shape index (κ2) is 10.1. The zero-order valence-electron chi connectivity index (χ0n) is 28.4. The minimum atomic E-state index is -0.894. The molecule has 0 aromatic heterocycles. The van der Waals surface area contributed by atoms with Crippen molar-refractivity contribution in [1.29, 1.82) is 0 Å². The molecule has 0 aliphatic heterocycles. The summed E-state index contributed by atoms with van der Waals surface area (Å²) in [5.41, 5.74) is 0.348. The van der Waals surface area contributed by atoms with Crippen LogP contribution in [-0.4, -0.2) is 34.2 Å². The van der Waals surface area contributed by atoms with Crippen LogP contribution in [0, 0.1) is 55.7 Å². The summed E-state index contributed by atoms with van der Waals surface area (Å²) < 4.78 is 6.20. The Hall–Kier alpha value is -1.85. The summed E-state index contributed by atoms with van der Waals surface area (Å²) in [6, 6.07) is 0. The van der Waals surface area contributed by atoms with E-state index in [1.807, 2.05) is 13.8 Å². The molecule has 8 atom stereocenters. The normalized spacial score (nSPS) is 43.1. The van der Waals surface area contributed by atoms with E-state index in [-0.39, 0.29) is 57.9 Å². The maximum Gasteiger partial charge on any atom is 0.310 e. The van der Waals surface area contributed by atoms with Crippen LogP contribution < -0.4 is 0 Å². The van der Waals surface area contributed by atoms with Gasteiger partial charge in [0.15, 0.2) is 0 Å². The Morgan fingerprint density at radius 1 is 0.860 bits per heavy atom. The van der Waals surface area contributed by atoms with Crippen molar-refractivity contribution < 1.29 is 29.3 Å². The summed E-state index contributed by atoms with van der Waals surface area (Å²) in [6.07, 6.45) is 11.9. The molecule has 0 aromatic carbocycles. The van der Waals surface area contributed by atoms with E-state index >= 15 is 0 Å². The lowest BCUT2D eigenvalue weighted by molar-refractivity contribution is -0.214. The number of hydrogen-bond donors (Lipinski definition) is 2. The summed E-state index contributed by atoms with van der Waals surface area (Å²) in [4.78, 5) is 37.3. The molecule has 2 N–H and O–H groups in total. The highest BCUT2D eigenvalue weighted by Crippen LogP contribution is 2.75. The molecule has 5 aliphatic carbocycles. The fourth-order valence-electron chi connectivity index (χ4n) is 11.9. The molecule has 5 aliphatic rings. The van der Waals surface area contributed by atoms with E-state index in [4.69, 9.17) is 4.74 Å². The Balaban J connectivity index is 1.42. The second-order valence-corrected chi connectivity index (χ2v) is 18.4. The summed E-state index contributed by atoms with van der Waals surface area (Å²) in [5.74, 6) is -0.745. The van der Waals surface area contributed by atoms with E-state index < -0.39 is 22.8 Å². The van der Waals surface area contributed by atoms with Crippen molar-refractivity contribution in [3.05, 3.63) is 11.6 Å². The number of esters is 1. The zero-order valence-corrected chi connectivity index (χ0v) is 28.4. The maximum atomic E-state index is 13.1. The number of aliphatic carboxylic acids is 2. The smallest absolute Gasteiger partial charge is 0.310 e. The number of allylic oxidation sites excluding steroid dienone is 2. The van der Waals surface area contributed by atoms with Crippen LogP contribution in [0.1, 0.15) is 139 Å². The Morgan fingerprint density at radius 2 is 1.51 bits per heavy atom. The van der Waals surface area contributed by atoms with E-state index in [0.717, 1.165) is 64.2 Å². The number of carbonyl (C=O) groups excluding carboxylic acids is 1. The first kappa shape index (κ1) is 32.5. The Morgan fingerprint density at radius 3 is 2.14 bits per heavy atom. The van der Waals surface area contributed by atoms with Gasteiger partial charge in [0.05, 0.1) is 18.3 Å². The van der Waals surface area contributed by atoms with Crippen LogP contribution in [-0.2, 0) is 19.1 Å². The van der Waals surface area contributed by atoms with E-state index in [9.17, 15) is 24.6 Å². The Kier molecular flexibility index (Phi) is 7.63. The summed E-state index contributed by atoms with van der Waals surface area (Å²) in [6.45, 7) is 20.4. The molecular weight excluding hydrogens is 540 g/mol. The lowest BCUT2D eigenvalue weighted by atomic mass is 9.33. The molecule has 3 unspecified atom stereocenters. The van der Waals surface area contributed by atoms with Gasteiger partial charge in [-0.15, -0.1) is 0 Å². The van der Waals surface area contributed by atoms with Crippen molar-refractivity contribution in [1.82, 2.24) is 0 Å². The van der Waals surface area contributed by atoms with Crippen molar-refractivity contribution in [2.24, 2.45) is 55.7 Å². The number of rotatable bonds is 6. The quantitative estimate of drug-likeness (QED) is 0.234. The van der Waals surface area contributed by atoms with Gasteiger partial charge in [0.1, 0.15) is 6.10 Å². The highest BCUT2D eigenvalue weighted by atomic mass is 16.5. The lowest BCUT2D eigenvalue weighted by Gasteiger charge is -2.71. The first-order valence-electron chi connectivity index (χ1n) is 17.0. The highest BCUT2D eigenvalue weighted by molar-refractivity contribution is 5.76. The minimum absolute atomic E-state index is 0.00981. The number of hydrogen-bond acceptors (Lipinski definition) is 4. The number of carboxylic acid groups (broad SMARTS) is 2. The number of fused-ring (bicyclic) bond motifs is 7. The third-order valence-electron chi connectivity index (χ3n) is 14.5. The van der Waals surface area contributed by atoms with Crippen molar-refractivity contribution in [3.63, 3.8) is 0 Å². The molecule has 43 heavy (non-hydrogen) atoms. The zero-order chi connectivity index (χ0) is 32.0. The molecule has 6 nitrogen and oxygen atoms in total. The molecule has 4 fully saturated rings. The van der Waals surface area contributed by atoms with Gasteiger partial charge in [-0.1, -0.05) is 74.0 Å². The van der Waals surface area contributed by atoms with Gasteiger partial charge in [-0.25, -0.2) is 0 Å². The lowest BCUT2D eigenvalue weighted by Crippen LogP contribution is -2.65. The molecule has 0 bridgehead atoms. The van der Waals surface area contributed by atoms with Crippen molar-refractivity contribution in [2.75, 3.05) is 0 Å². The Labute approximate surface area is 259 Å². The summed E-state index contributed by atoms with van der Waals surface area (Å²) >= 11 is 0. The van der Waals surface area contributed by atoms with E-state index in [0.29, 0.717) is 11.8 Å². The predicted molar refractivity (Wildman–Crippen MR) is 167 cm³/mol. The third kappa shape index (κ3) is 4.90. The summed E-state index contributed by atoms with van der Waals surface area (Å²) in [5, 5.41) is 19.9. The molecule has 4 saturated carbocycles. The molecular formula is C37H58O6. The number of ether oxygens (including phenoxy) is 1. The van der Waals surface area contributed by atoms with E-state index in [1.165, 1.54) is 5.57 Å². The monoisotopic (exact) mass is 598 g/mol. The van der Waals surface area contributed by atoms with Gasteiger partial charge >= 0.3 is 17.9 Å². The molecule has 0 spiro atoms. The molecule has 0 radical (unpaired) electrons. The maximum absolute atomic E-state index is 13.1. The first-order chi connectivity index (χ1) is 19.6. The molecule has 0 aromatic rings. The van der Waals surface area contributed by atoms with Crippen LogP contribution in [0.25, 0.3) is 0 Å². The van der Waals surface area contributed by atoms with Gasteiger partial charge in [0.25, 0.3) is 0 Å². The van der Waals surface area contributed by atoms with Crippen LogP contribution >= 0.6 is 0 Å². The van der Waals surface area contributed by atoms with Crippen molar-refractivity contribution >= 4 is 17.9 Å². The SMILES string of the molecule is CC(C)(CC(=O)O)CC(=O)O[C@H]1CC[C@@]2(C)C(CC[C@]3(C)C2CC=C2C4CC(C)(C)CC[C@]4(C(=O)O)CC[C@]23C)C1(C)C. The topological polar surface area (TPSA) is 101 Å². The second-order valence-electron chi connectivity index (χ2n) is 18.4. The van der Waals surface area contributed by atoms with Gasteiger partial charge in [-0.05, 0) is 109 Å². The molecule has 0 saturated heterocycles. The highest BCUT2D eigenvalue weighted by Gasteiger charge is 2.69. The van der Waals surface area contributed by atoms with Crippen LogP contribution in [0.2, 0.25) is 0 Å². The van der Waals surface area contributed by atoms with Crippen LogP contribution in [0.4, 0.5) is 0 Å². The van der Waals surface area contributed by atoms with Crippen LogP contribution in [0.15, 0.2) is 11.6 Å². The van der Waals surface area contributed by atoms with Gasteiger partial charge in [-0.3, -0.25) is 14.4 Å². The average Bonchev–Trinajstić information content (AvgIpc) is 2.84. The third-order valence-corrected chi connectivity index (χ3v) is 14.5.